The number of amides is 3. The molecule has 1 saturated carbocycles. The van der Waals surface area contributed by atoms with E-state index in [4.69, 9.17) is 23.2 Å². The number of nitrogens with one attached hydrogen (secondary N) is 1. The lowest BCUT2D eigenvalue weighted by Gasteiger charge is -2.18. The van der Waals surface area contributed by atoms with E-state index in [2.05, 4.69) is 5.43 Å². The number of hydrogen-bond acceptors (Lipinski definition) is 3. The highest BCUT2D eigenvalue weighted by Crippen LogP contribution is 2.52. The number of carbonyl (C=O) groups is 3. The topological polar surface area (TPSA) is 66.5 Å². The predicted octanol–water partition coefficient (Wildman–Crippen LogP) is 2.45. The van der Waals surface area contributed by atoms with Crippen molar-refractivity contribution in [2.75, 3.05) is 0 Å². The quantitative estimate of drug-likeness (QED) is 0.658. The molecule has 0 spiro atoms. The summed E-state index contributed by atoms with van der Waals surface area (Å²) < 4.78 is 0. The summed E-state index contributed by atoms with van der Waals surface area (Å²) in [4.78, 5) is 37.2. The maximum absolute atomic E-state index is 12.5. The lowest BCUT2D eigenvalue weighted by atomic mass is 9.85. The maximum atomic E-state index is 12.5. The molecule has 1 aliphatic heterocycles. The molecule has 0 aromatic heterocycles. The lowest BCUT2D eigenvalue weighted by molar-refractivity contribution is -0.143. The molecule has 23 heavy (non-hydrogen) atoms. The van der Waals surface area contributed by atoms with Gasteiger partial charge >= 0.3 is 0 Å². The Hall–Kier alpha value is -1.85. The molecule has 2 fully saturated rings. The second-order valence-electron chi connectivity index (χ2n) is 6.08. The highest BCUT2D eigenvalue weighted by Gasteiger charge is 2.59. The molecule has 1 aromatic rings. The normalized spacial score (nSPS) is 31.0. The van der Waals surface area contributed by atoms with Crippen LogP contribution in [0.1, 0.15) is 16.8 Å². The van der Waals surface area contributed by atoms with Crippen LogP contribution >= 0.6 is 23.2 Å². The van der Waals surface area contributed by atoms with Crippen LogP contribution in [0.25, 0.3) is 0 Å². The van der Waals surface area contributed by atoms with Gasteiger partial charge in [0.15, 0.2) is 0 Å². The highest BCUT2D eigenvalue weighted by atomic mass is 35.5. The Labute approximate surface area is 142 Å². The standard InChI is InChI=1S/C16H12Cl2N2O3/c17-10-4-3-9(6-11(10)18)14(21)19-20-15(22)12-7-1-2-8(5-7)13(12)16(20)23/h1-4,6-8,12-13H,5H2,(H,19,21)/t7-,8-,12+,13+/m0/s1. The van der Waals surface area contributed by atoms with E-state index >= 15 is 0 Å². The van der Waals surface area contributed by atoms with Crippen molar-refractivity contribution in [2.24, 2.45) is 23.7 Å². The van der Waals surface area contributed by atoms with Crippen LogP contribution in [0.5, 0.6) is 0 Å². The SMILES string of the molecule is O=C(NN1C(=O)[C@H]2[C@H](C1=O)[C@H]1C=C[C@H]2C1)c1ccc(Cl)c(Cl)c1. The lowest BCUT2D eigenvalue weighted by Crippen LogP contribution is -2.47. The van der Waals surface area contributed by atoms with Gasteiger partial charge in [-0.15, -0.1) is 0 Å². The van der Waals surface area contributed by atoms with Crippen LogP contribution in [0, 0.1) is 23.7 Å². The third-order valence-corrected chi connectivity index (χ3v) is 5.60. The molecule has 1 saturated heterocycles. The van der Waals surface area contributed by atoms with Gasteiger partial charge in [0.25, 0.3) is 17.7 Å². The summed E-state index contributed by atoms with van der Waals surface area (Å²) in [5.74, 6) is -1.69. The molecule has 3 amide bonds. The first-order valence-electron chi connectivity index (χ1n) is 7.29. The van der Waals surface area contributed by atoms with Gasteiger partial charge < -0.3 is 0 Å². The van der Waals surface area contributed by atoms with Crippen LogP contribution < -0.4 is 5.43 Å². The summed E-state index contributed by atoms with van der Waals surface area (Å²) in [5.41, 5.74) is 2.64. The van der Waals surface area contributed by atoms with Crippen molar-refractivity contribution in [2.45, 2.75) is 6.42 Å². The van der Waals surface area contributed by atoms with E-state index in [9.17, 15) is 14.4 Å². The zero-order chi connectivity index (χ0) is 16.3. The number of hydrazine groups is 1. The van der Waals surface area contributed by atoms with E-state index in [0.29, 0.717) is 5.02 Å². The number of halogens is 2. The minimum Gasteiger partial charge on any atom is -0.272 e. The fourth-order valence-corrected chi connectivity index (χ4v) is 4.11. The van der Waals surface area contributed by atoms with Gasteiger partial charge in [-0.3, -0.25) is 19.8 Å². The molecule has 2 aliphatic carbocycles. The van der Waals surface area contributed by atoms with Gasteiger partial charge in [0, 0.05) is 5.56 Å². The number of hydrogen-bond donors (Lipinski definition) is 1. The van der Waals surface area contributed by atoms with Gasteiger partial charge in [0.2, 0.25) is 0 Å². The molecule has 0 radical (unpaired) electrons. The fraction of sp³-hybridized carbons (Fsp3) is 0.312. The molecule has 1 aromatic carbocycles. The Kier molecular flexibility index (Phi) is 3.25. The van der Waals surface area contributed by atoms with E-state index in [1.807, 2.05) is 12.2 Å². The Morgan fingerprint density at radius 1 is 1.04 bits per heavy atom. The molecular weight excluding hydrogens is 339 g/mol. The van der Waals surface area contributed by atoms with Crippen LogP contribution in [0.15, 0.2) is 30.4 Å². The summed E-state index contributed by atoms with van der Waals surface area (Å²) in [7, 11) is 0. The molecule has 0 unspecified atom stereocenters. The number of fused-ring (bicyclic) bond motifs is 5. The van der Waals surface area contributed by atoms with Crippen LogP contribution in [-0.4, -0.2) is 22.7 Å². The Bertz CT molecular complexity index is 747. The third-order valence-electron chi connectivity index (χ3n) is 4.87. The number of imide groups is 1. The average Bonchev–Trinajstić information content (AvgIpc) is 3.19. The molecule has 1 heterocycles. The van der Waals surface area contributed by atoms with Crippen molar-refractivity contribution in [1.82, 2.24) is 10.4 Å². The number of carbonyl (C=O) groups excluding carboxylic acids is 3. The van der Waals surface area contributed by atoms with Gasteiger partial charge in [-0.25, -0.2) is 0 Å². The fourth-order valence-electron chi connectivity index (χ4n) is 3.82. The summed E-state index contributed by atoms with van der Waals surface area (Å²) in [6.45, 7) is 0. The minimum absolute atomic E-state index is 0.105. The minimum atomic E-state index is -0.564. The van der Waals surface area contributed by atoms with Crippen molar-refractivity contribution in [3.8, 4) is 0 Å². The zero-order valence-electron chi connectivity index (χ0n) is 11.8. The number of benzene rings is 1. The molecule has 2 bridgehead atoms. The van der Waals surface area contributed by atoms with Crippen molar-refractivity contribution in [3.63, 3.8) is 0 Å². The first-order valence-corrected chi connectivity index (χ1v) is 8.05. The molecule has 5 nitrogen and oxygen atoms in total. The van der Waals surface area contributed by atoms with Crippen LogP contribution in [0.2, 0.25) is 10.0 Å². The third kappa shape index (κ3) is 2.11. The van der Waals surface area contributed by atoms with E-state index in [1.54, 1.807) is 0 Å². The van der Waals surface area contributed by atoms with Crippen molar-refractivity contribution < 1.29 is 14.4 Å². The first-order chi connectivity index (χ1) is 11.0. The Morgan fingerprint density at radius 2 is 1.65 bits per heavy atom. The van der Waals surface area contributed by atoms with E-state index in [0.717, 1.165) is 11.4 Å². The molecule has 4 atom stereocenters. The van der Waals surface area contributed by atoms with Gasteiger partial charge in [0.1, 0.15) is 0 Å². The number of nitrogens with zero attached hydrogens (tertiary/aromatic N) is 1. The Morgan fingerprint density at radius 3 is 2.22 bits per heavy atom. The van der Waals surface area contributed by atoms with Crippen LogP contribution in [0.3, 0.4) is 0 Å². The summed E-state index contributed by atoms with van der Waals surface area (Å²) in [5, 5.41) is 1.43. The van der Waals surface area contributed by atoms with Crippen LogP contribution in [0.4, 0.5) is 0 Å². The average molecular weight is 351 g/mol. The van der Waals surface area contributed by atoms with E-state index in [1.165, 1.54) is 18.2 Å². The largest absolute Gasteiger partial charge is 0.272 e. The smallest absolute Gasteiger partial charge is 0.270 e. The van der Waals surface area contributed by atoms with Gasteiger partial charge in [-0.05, 0) is 36.5 Å². The molecule has 4 rings (SSSR count). The molecule has 7 heteroatoms. The monoisotopic (exact) mass is 350 g/mol. The number of rotatable bonds is 2. The van der Waals surface area contributed by atoms with Crippen LogP contribution in [-0.2, 0) is 9.59 Å². The van der Waals surface area contributed by atoms with Gasteiger partial charge in [-0.1, -0.05) is 35.4 Å². The number of allylic oxidation sites excluding steroid dienone is 2. The summed E-state index contributed by atoms with van der Waals surface area (Å²) >= 11 is 11.7. The molecule has 118 valence electrons. The van der Waals surface area contributed by atoms with Crippen molar-refractivity contribution >= 4 is 40.9 Å². The van der Waals surface area contributed by atoms with Crippen molar-refractivity contribution in [1.29, 1.82) is 0 Å². The summed E-state index contributed by atoms with van der Waals surface area (Å²) in [6.07, 6.45) is 4.85. The van der Waals surface area contributed by atoms with E-state index < -0.39 is 5.91 Å². The zero-order valence-corrected chi connectivity index (χ0v) is 13.3. The Balaban J connectivity index is 1.55. The highest BCUT2D eigenvalue weighted by molar-refractivity contribution is 6.42. The second-order valence-corrected chi connectivity index (χ2v) is 6.90. The summed E-state index contributed by atoms with van der Waals surface area (Å²) in [6, 6.07) is 4.38. The van der Waals surface area contributed by atoms with E-state index in [-0.39, 0.29) is 46.1 Å². The molecule has 3 aliphatic rings. The predicted molar refractivity (Wildman–Crippen MR) is 83.5 cm³/mol. The van der Waals surface area contributed by atoms with Crippen molar-refractivity contribution in [3.05, 3.63) is 46.0 Å². The maximum Gasteiger partial charge on any atom is 0.270 e. The van der Waals surface area contributed by atoms with Gasteiger partial charge in [0.05, 0.1) is 21.9 Å². The second kappa shape index (κ2) is 5.08. The molecular formula is C16H12Cl2N2O3. The molecule has 1 N–H and O–H groups in total. The first kappa shape index (κ1) is 14.7. The van der Waals surface area contributed by atoms with Gasteiger partial charge in [-0.2, -0.15) is 5.01 Å².